The first-order chi connectivity index (χ1) is 9.78. The van der Waals surface area contributed by atoms with Crippen LogP contribution in [0.2, 0.25) is 0 Å². The Labute approximate surface area is 132 Å². The zero-order valence-corrected chi connectivity index (χ0v) is 14.1. The zero-order chi connectivity index (χ0) is 15.6. The van der Waals surface area contributed by atoms with Gasteiger partial charge in [0, 0.05) is 32.6 Å². The molecule has 0 aromatic rings. The van der Waals surface area contributed by atoms with Gasteiger partial charge in [0.25, 0.3) is 0 Å². The molecule has 0 aromatic carbocycles. The summed E-state index contributed by atoms with van der Waals surface area (Å²) >= 11 is 4.28. The minimum absolute atomic E-state index is 0.227. The number of amides is 2. The van der Waals surface area contributed by atoms with Crippen molar-refractivity contribution < 1.29 is 14.3 Å². The fraction of sp³-hybridized carbons (Fsp3) is 0.867. The fourth-order valence-corrected chi connectivity index (χ4v) is 3.18. The second-order valence-corrected chi connectivity index (χ2v) is 7.50. The van der Waals surface area contributed by atoms with Crippen LogP contribution in [0.25, 0.3) is 0 Å². The van der Waals surface area contributed by atoms with Crippen molar-refractivity contribution in [2.75, 3.05) is 31.9 Å². The van der Waals surface area contributed by atoms with Crippen molar-refractivity contribution in [3.63, 3.8) is 0 Å². The Balaban J connectivity index is 1.80. The lowest BCUT2D eigenvalue weighted by molar-refractivity contribution is -0.128. The highest BCUT2D eigenvalue weighted by atomic mass is 32.1. The summed E-state index contributed by atoms with van der Waals surface area (Å²) in [5.74, 6) is 1.73. The van der Waals surface area contributed by atoms with Crippen LogP contribution in [-0.2, 0) is 9.53 Å². The van der Waals surface area contributed by atoms with E-state index in [4.69, 9.17) is 4.74 Å². The first-order valence-corrected chi connectivity index (χ1v) is 8.28. The van der Waals surface area contributed by atoms with Crippen LogP contribution in [0.1, 0.15) is 33.6 Å². The van der Waals surface area contributed by atoms with E-state index >= 15 is 0 Å². The summed E-state index contributed by atoms with van der Waals surface area (Å²) in [7, 11) is 0. The second kappa shape index (κ2) is 6.46. The molecule has 5 nitrogen and oxygen atoms in total. The normalized spacial score (nSPS) is 26.6. The maximum Gasteiger partial charge on any atom is 0.410 e. The highest BCUT2D eigenvalue weighted by Crippen LogP contribution is 2.24. The molecule has 2 heterocycles. The molecule has 2 amide bonds. The molecule has 2 saturated heterocycles. The molecule has 2 fully saturated rings. The van der Waals surface area contributed by atoms with Crippen LogP contribution in [0.4, 0.5) is 4.79 Å². The van der Waals surface area contributed by atoms with Crippen molar-refractivity contribution in [3.8, 4) is 0 Å². The molecule has 0 aromatic heterocycles. The third-order valence-electron chi connectivity index (χ3n) is 3.97. The first kappa shape index (κ1) is 16.5. The van der Waals surface area contributed by atoms with E-state index in [0.29, 0.717) is 24.8 Å². The van der Waals surface area contributed by atoms with E-state index in [1.165, 1.54) is 0 Å². The van der Waals surface area contributed by atoms with Crippen molar-refractivity contribution in [2.45, 2.75) is 39.2 Å². The Morgan fingerprint density at radius 1 is 1.33 bits per heavy atom. The van der Waals surface area contributed by atoms with Crippen LogP contribution >= 0.6 is 12.6 Å². The molecule has 0 N–H and O–H groups in total. The molecule has 6 heteroatoms. The van der Waals surface area contributed by atoms with E-state index in [1.54, 1.807) is 4.90 Å². The fourth-order valence-electron chi connectivity index (χ4n) is 2.94. The van der Waals surface area contributed by atoms with Crippen LogP contribution in [0.3, 0.4) is 0 Å². The average Bonchev–Trinajstić information content (AvgIpc) is 2.95. The molecule has 0 saturated carbocycles. The predicted molar refractivity (Wildman–Crippen MR) is 84.5 cm³/mol. The van der Waals surface area contributed by atoms with Gasteiger partial charge in [0.2, 0.25) is 5.91 Å². The molecule has 2 aliphatic rings. The van der Waals surface area contributed by atoms with Gasteiger partial charge in [0.1, 0.15) is 5.60 Å². The molecule has 0 aliphatic carbocycles. The van der Waals surface area contributed by atoms with Gasteiger partial charge in [-0.15, -0.1) is 0 Å². The van der Waals surface area contributed by atoms with E-state index in [1.807, 2.05) is 25.7 Å². The number of carbonyl (C=O) groups excluding carboxylic acids is 2. The van der Waals surface area contributed by atoms with E-state index in [-0.39, 0.29) is 12.0 Å². The van der Waals surface area contributed by atoms with E-state index in [2.05, 4.69) is 12.6 Å². The Hall–Kier alpha value is -0.910. The summed E-state index contributed by atoms with van der Waals surface area (Å²) in [6.45, 7) is 8.59. The maximum atomic E-state index is 12.0. The van der Waals surface area contributed by atoms with Gasteiger partial charge in [-0.1, -0.05) is 0 Å². The topological polar surface area (TPSA) is 49.9 Å². The third kappa shape index (κ3) is 4.53. The first-order valence-electron chi connectivity index (χ1n) is 7.65. The summed E-state index contributed by atoms with van der Waals surface area (Å²) < 4.78 is 5.39. The molecule has 2 atom stereocenters. The van der Waals surface area contributed by atoms with Crippen molar-refractivity contribution in [3.05, 3.63) is 0 Å². The van der Waals surface area contributed by atoms with E-state index in [9.17, 15) is 9.59 Å². The molecular formula is C15H26N2O3S. The van der Waals surface area contributed by atoms with Crippen molar-refractivity contribution in [1.29, 1.82) is 0 Å². The number of rotatable bonds is 3. The molecular weight excluding hydrogens is 288 g/mol. The Morgan fingerprint density at radius 2 is 2.05 bits per heavy atom. The van der Waals surface area contributed by atoms with Gasteiger partial charge in [-0.3, -0.25) is 4.79 Å². The number of carbonyl (C=O) groups is 2. The number of hydrogen-bond donors (Lipinski definition) is 1. The largest absolute Gasteiger partial charge is 0.444 e. The lowest BCUT2D eigenvalue weighted by Crippen LogP contribution is -2.37. The van der Waals surface area contributed by atoms with Gasteiger partial charge in [0.15, 0.2) is 0 Å². The molecule has 0 bridgehead atoms. The molecule has 0 radical (unpaired) electrons. The van der Waals surface area contributed by atoms with Gasteiger partial charge in [0.05, 0.1) is 0 Å². The number of likely N-dealkylation sites (tertiary alicyclic amines) is 2. The summed E-state index contributed by atoms with van der Waals surface area (Å²) in [5, 5.41) is 0. The number of thiol groups is 1. The summed E-state index contributed by atoms with van der Waals surface area (Å²) in [5.41, 5.74) is -0.458. The van der Waals surface area contributed by atoms with E-state index < -0.39 is 5.60 Å². The van der Waals surface area contributed by atoms with Crippen molar-refractivity contribution >= 4 is 24.6 Å². The average molecular weight is 314 g/mol. The molecule has 2 rings (SSSR count). The predicted octanol–water partition coefficient (Wildman–Crippen LogP) is 2.02. The Kier molecular flexibility index (Phi) is 5.07. The van der Waals surface area contributed by atoms with Gasteiger partial charge >= 0.3 is 6.09 Å². The summed E-state index contributed by atoms with van der Waals surface area (Å²) in [6, 6.07) is 0. The molecule has 2 aliphatic heterocycles. The van der Waals surface area contributed by atoms with Crippen LogP contribution in [0.15, 0.2) is 0 Å². The SMILES string of the molecule is CC(C)(C)OC(=O)N1CC[C@H](CN2CC(CS)CC2=O)C1. The number of ether oxygens (including phenoxy) is 1. The van der Waals surface area contributed by atoms with Crippen LogP contribution in [0.5, 0.6) is 0 Å². The summed E-state index contributed by atoms with van der Waals surface area (Å²) in [6.07, 6.45) is 1.31. The molecule has 21 heavy (non-hydrogen) atoms. The highest BCUT2D eigenvalue weighted by Gasteiger charge is 2.34. The van der Waals surface area contributed by atoms with Crippen molar-refractivity contribution in [1.82, 2.24) is 9.80 Å². The van der Waals surface area contributed by atoms with Gasteiger partial charge in [-0.05, 0) is 44.8 Å². The van der Waals surface area contributed by atoms with Gasteiger partial charge < -0.3 is 14.5 Å². The van der Waals surface area contributed by atoms with Crippen LogP contribution in [0, 0.1) is 11.8 Å². The quantitative estimate of drug-likeness (QED) is 0.811. The van der Waals surface area contributed by atoms with Gasteiger partial charge in [-0.2, -0.15) is 12.6 Å². The highest BCUT2D eigenvalue weighted by molar-refractivity contribution is 7.80. The van der Waals surface area contributed by atoms with Crippen molar-refractivity contribution in [2.24, 2.45) is 11.8 Å². The standard InChI is InChI=1S/C15H26N2O3S/c1-15(2,3)20-14(19)16-5-4-11(7-16)8-17-9-12(10-21)6-13(17)18/h11-12,21H,4-10H2,1-3H3/t11-,12?/m0/s1. The molecule has 120 valence electrons. The van der Waals surface area contributed by atoms with Crippen LogP contribution < -0.4 is 0 Å². The Morgan fingerprint density at radius 3 is 2.62 bits per heavy atom. The molecule has 1 unspecified atom stereocenters. The maximum absolute atomic E-state index is 12.0. The number of hydrogen-bond acceptors (Lipinski definition) is 4. The minimum Gasteiger partial charge on any atom is -0.444 e. The lowest BCUT2D eigenvalue weighted by atomic mass is 10.1. The summed E-state index contributed by atoms with van der Waals surface area (Å²) in [4.78, 5) is 27.6. The smallest absolute Gasteiger partial charge is 0.410 e. The molecule has 0 spiro atoms. The second-order valence-electron chi connectivity index (χ2n) is 7.13. The monoisotopic (exact) mass is 314 g/mol. The van der Waals surface area contributed by atoms with Crippen LogP contribution in [-0.4, -0.2) is 59.3 Å². The zero-order valence-electron chi connectivity index (χ0n) is 13.2. The lowest BCUT2D eigenvalue weighted by Gasteiger charge is -2.25. The minimum atomic E-state index is -0.458. The van der Waals surface area contributed by atoms with E-state index in [0.717, 1.165) is 31.8 Å². The Bertz CT molecular complexity index is 408. The third-order valence-corrected chi connectivity index (χ3v) is 4.49. The number of nitrogens with zero attached hydrogens (tertiary/aromatic N) is 2. The van der Waals surface area contributed by atoms with Gasteiger partial charge in [-0.25, -0.2) is 4.79 Å².